The van der Waals surface area contributed by atoms with E-state index >= 15 is 0 Å². The van der Waals surface area contributed by atoms with Crippen LogP contribution in [-0.4, -0.2) is 43.7 Å². The van der Waals surface area contributed by atoms with Gasteiger partial charge in [0, 0.05) is 19.0 Å². The molecule has 2 aliphatic rings. The van der Waals surface area contributed by atoms with Crippen molar-refractivity contribution in [3.05, 3.63) is 59.5 Å². The summed E-state index contributed by atoms with van der Waals surface area (Å²) in [6.45, 7) is 1.36. The number of carbonyl (C=O) groups is 1. The van der Waals surface area contributed by atoms with Crippen LogP contribution in [0.15, 0.2) is 42.7 Å². The molecule has 1 aliphatic heterocycles. The SMILES string of the molecule is O=C(Cc1ccc(C(F)(F)F)cc1)N1CCCC2(CC1)CC2c1ccc2nncn2n1. The molecular formula is C22H22F3N5O. The number of likely N-dealkylation sites (tertiary alicyclic amines) is 1. The van der Waals surface area contributed by atoms with Crippen LogP contribution in [0.4, 0.5) is 13.2 Å². The van der Waals surface area contributed by atoms with Crippen molar-refractivity contribution in [1.82, 2.24) is 24.7 Å². The van der Waals surface area contributed by atoms with Gasteiger partial charge in [-0.3, -0.25) is 4.79 Å². The number of benzene rings is 1. The molecule has 0 bridgehead atoms. The normalized spacial score (nSPS) is 23.8. The van der Waals surface area contributed by atoms with Crippen molar-refractivity contribution < 1.29 is 18.0 Å². The molecule has 1 aliphatic carbocycles. The number of hydrogen-bond acceptors (Lipinski definition) is 4. The first kappa shape index (κ1) is 20.0. The molecule has 1 saturated heterocycles. The van der Waals surface area contributed by atoms with E-state index < -0.39 is 11.7 Å². The summed E-state index contributed by atoms with van der Waals surface area (Å²) in [4.78, 5) is 14.6. The Labute approximate surface area is 177 Å². The summed E-state index contributed by atoms with van der Waals surface area (Å²) in [5.41, 5.74) is 1.85. The summed E-state index contributed by atoms with van der Waals surface area (Å²) in [7, 11) is 0. The van der Waals surface area contributed by atoms with Crippen LogP contribution >= 0.6 is 0 Å². The number of amides is 1. The van der Waals surface area contributed by atoms with Crippen LogP contribution in [0.25, 0.3) is 5.65 Å². The lowest BCUT2D eigenvalue weighted by Gasteiger charge is -2.21. The van der Waals surface area contributed by atoms with Gasteiger partial charge in [-0.2, -0.15) is 18.3 Å². The molecule has 9 heteroatoms. The molecule has 1 spiro atoms. The fourth-order valence-electron chi connectivity index (χ4n) is 4.81. The highest BCUT2D eigenvalue weighted by Crippen LogP contribution is 2.64. The molecule has 3 heterocycles. The third-order valence-electron chi connectivity index (χ3n) is 6.70. The molecule has 2 unspecified atom stereocenters. The van der Waals surface area contributed by atoms with E-state index in [2.05, 4.69) is 15.3 Å². The number of halogens is 3. The van der Waals surface area contributed by atoms with Crippen molar-refractivity contribution in [3.8, 4) is 0 Å². The summed E-state index contributed by atoms with van der Waals surface area (Å²) < 4.78 is 39.9. The van der Waals surface area contributed by atoms with Gasteiger partial charge in [-0.15, -0.1) is 10.2 Å². The van der Waals surface area contributed by atoms with Gasteiger partial charge in [0.25, 0.3) is 0 Å². The molecule has 1 amide bonds. The maximum atomic E-state index is 12.8. The van der Waals surface area contributed by atoms with Crippen molar-refractivity contribution in [2.45, 2.75) is 44.2 Å². The Morgan fingerprint density at radius 3 is 2.68 bits per heavy atom. The molecule has 0 radical (unpaired) electrons. The Hall–Kier alpha value is -2.97. The van der Waals surface area contributed by atoms with Gasteiger partial charge in [0.15, 0.2) is 5.65 Å². The zero-order valence-corrected chi connectivity index (χ0v) is 16.8. The van der Waals surface area contributed by atoms with Gasteiger partial charge in [0.2, 0.25) is 5.91 Å². The lowest BCUT2D eigenvalue weighted by atomic mass is 9.93. The Morgan fingerprint density at radius 2 is 1.90 bits per heavy atom. The van der Waals surface area contributed by atoms with E-state index in [4.69, 9.17) is 0 Å². The second-order valence-electron chi connectivity index (χ2n) is 8.62. The molecule has 1 saturated carbocycles. The number of carbonyl (C=O) groups excluding carboxylic acids is 1. The van der Waals surface area contributed by atoms with Gasteiger partial charge in [-0.05, 0) is 60.9 Å². The highest BCUT2D eigenvalue weighted by Gasteiger charge is 2.55. The Morgan fingerprint density at radius 1 is 1.10 bits per heavy atom. The van der Waals surface area contributed by atoms with Gasteiger partial charge in [-0.25, -0.2) is 4.52 Å². The number of hydrogen-bond donors (Lipinski definition) is 0. The van der Waals surface area contributed by atoms with E-state index in [-0.39, 0.29) is 17.7 Å². The highest BCUT2D eigenvalue weighted by atomic mass is 19.4. The van der Waals surface area contributed by atoms with E-state index in [9.17, 15) is 18.0 Å². The second-order valence-corrected chi connectivity index (χ2v) is 8.62. The van der Waals surface area contributed by atoms with Crippen LogP contribution in [0.5, 0.6) is 0 Å². The molecule has 0 N–H and O–H groups in total. The van der Waals surface area contributed by atoms with E-state index in [0.717, 1.165) is 49.2 Å². The van der Waals surface area contributed by atoms with Crippen molar-refractivity contribution in [2.75, 3.05) is 13.1 Å². The number of alkyl halides is 3. The van der Waals surface area contributed by atoms with Crippen LogP contribution in [0.1, 0.15) is 48.4 Å². The Bertz CT molecular complexity index is 1110. The average Bonchev–Trinajstić information content (AvgIpc) is 3.33. The summed E-state index contributed by atoms with van der Waals surface area (Å²) >= 11 is 0. The molecule has 5 rings (SSSR count). The average molecular weight is 429 g/mol. The smallest absolute Gasteiger partial charge is 0.342 e. The van der Waals surface area contributed by atoms with Crippen LogP contribution in [0, 0.1) is 5.41 Å². The van der Waals surface area contributed by atoms with Crippen LogP contribution in [-0.2, 0) is 17.4 Å². The molecule has 162 valence electrons. The lowest BCUT2D eigenvalue weighted by Crippen LogP contribution is -2.33. The fraction of sp³-hybridized carbons (Fsp3) is 0.455. The number of aromatic nitrogens is 4. The largest absolute Gasteiger partial charge is 0.416 e. The molecule has 2 fully saturated rings. The molecule has 2 atom stereocenters. The summed E-state index contributed by atoms with van der Waals surface area (Å²) in [5.74, 6) is 0.349. The fourth-order valence-corrected chi connectivity index (χ4v) is 4.81. The summed E-state index contributed by atoms with van der Waals surface area (Å²) in [5, 5.41) is 12.5. The third-order valence-corrected chi connectivity index (χ3v) is 6.70. The topological polar surface area (TPSA) is 63.4 Å². The predicted octanol–water partition coefficient (Wildman–Crippen LogP) is 3.87. The summed E-state index contributed by atoms with van der Waals surface area (Å²) in [6.07, 6.45) is 1.31. The van der Waals surface area contributed by atoms with Crippen LogP contribution < -0.4 is 0 Å². The van der Waals surface area contributed by atoms with Gasteiger partial charge in [0.1, 0.15) is 6.33 Å². The van der Waals surface area contributed by atoms with Crippen LogP contribution in [0.2, 0.25) is 0 Å². The number of fused-ring (bicyclic) bond motifs is 1. The number of nitrogens with zero attached hydrogens (tertiary/aromatic N) is 5. The minimum absolute atomic E-state index is 0.0296. The van der Waals surface area contributed by atoms with Crippen LogP contribution in [0.3, 0.4) is 0 Å². The predicted molar refractivity (Wildman–Crippen MR) is 106 cm³/mol. The number of rotatable bonds is 3. The highest BCUT2D eigenvalue weighted by molar-refractivity contribution is 5.78. The Kier molecular flexibility index (Phi) is 4.71. The molecule has 3 aromatic rings. The minimum Gasteiger partial charge on any atom is -0.342 e. The second kappa shape index (κ2) is 7.32. The first-order valence-electron chi connectivity index (χ1n) is 10.4. The van der Waals surface area contributed by atoms with Crippen molar-refractivity contribution in [2.24, 2.45) is 5.41 Å². The molecule has 6 nitrogen and oxygen atoms in total. The van der Waals surface area contributed by atoms with Crippen molar-refractivity contribution in [3.63, 3.8) is 0 Å². The van der Waals surface area contributed by atoms with Gasteiger partial charge >= 0.3 is 6.18 Å². The standard InChI is InChI=1S/C22H22F3N5O/c23-22(24,25)16-4-2-15(3-5-16)12-20(31)29-10-1-8-21(9-11-29)13-17(21)18-6-7-19-27-26-14-30(19)28-18/h2-7,14,17H,1,8-13H2. The van der Waals surface area contributed by atoms with E-state index in [0.29, 0.717) is 24.6 Å². The first-order chi connectivity index (χ1) is 14.8. The van der Waals surface area contributed by atoms with Gasteiger partial charge < -0.3 is 4.90 Å². The Balaban J connectivity index is 1.21. The van der Waals surface area contributed by atoms with Gasteiger partial charge in [-0.1, -0.05) is 12.1 Å². The molecule has 2 aromatic heterocycles. The van der Waals surface area contributed by atoms with Crippen molar-refractivity contribution in [1.29, 1.82) is 0 Å². The van der Waals surface area contributed by atoms with Crippen molar-refractivity contribution >= 4 is 11.6 Å². The zero-order valence-electron chi connectivity index (χ0n) is 16.8. The van der Waals surface area contributed by atoms with Gasteiger partial charge in [0.05, 0.1) is 17.7 Å². The maximum Gasteiger partial charge on any atom is 0.416 e. The lowest BCUT2D eigenvalue weighted by molar-refractivity contribution is -0.137. The van der Waals surface area contributed by atoms with E-state index in [1.165, 1.54) is 12.1 Å². The molecule has 31 heavy (non-hydrogen) atoms. The maximum absolute atomic E-state index is 12.8. The van der Waals surface area contributed by atoms with E-state index in [1.54, 1.807) is 10.8 Å². The first-order valence-corrected chi connectivity index (χ1v) is 10.4. The monoisotopic (exact) mass is 429 g/mol. The molecular weight excluding hydrogens is 407 g/mol. The third kappa shape index (κ3) is 3.88. The quantitative estimate of drug-likeness (QED) is 0.634. The van der Waals surface area contributed by atoms with E-state index in [1.807, 2.05) is 17.0 Å². The summed E-state index contributed by atoms with van der Waals surface area (Å²) in [6, 6.07) is 8.80. The molecule has 1 aromatic carbocycles. The zero-order chi connectivity index (χ0) is 21.6. The minimum atomic E-state index is -4.36.